The maximum atomic E-state index is 12.4. The predicted molar refractivity (Wildman–Crippen MR) is 91.4 cm³/mol. The zero-order valence-electron chi connectivity index (χ0n) is 14.3. The summed E-state index contributed by atoms with van der Waals surface area (Å²) in [6.45, 7) is 3.89. The summed E-state index contributed by atoms with van der Waals surface area (Å²) in [7, 11) is 0. The normalized spacial score (nSPS) is 22.0. The first-order valence-electron chi connectivity index (χ1n) is 8.57. The van der Waals surface area contributed by atoms with Gasteiger partial charge in [-0.3, -0.25) is 19.8 Å². The molecular weight excluding hydrogens is 326 g/mol. The number of likely N-dealkylation sites (tertiary alicyclic amines) is 1. The number of ether oxygens (including phenoxy) is 2. The minimum absolute atomic E-state index is 0.00130. The zero-order valence-corrected chi connectivity index (χ0v) is 14.3. The molecule has 2 aliphatic heterocycles. The molecule has 0 saturated carbocycles. The van der Waals surface area contributed by atoms with Crippen molar-refractivity contribution >= 4 is 17.3 Å². The van der Waals surface area contributed by atoms with E-state index in [4.69, 9.17) is 9.47 Å². The van der Waals surface area contributed by atoms with Gasteiger partial charge in [0.05, 0.1) is 30.7 Å². The number of rotatable bonds is 5. The van der Waals surface area contributed by atoms with Crippen LogP contribution in [0, 0.1) is 17.0 Å². The van der Waals surface area contributed by atoms with Crippen molar-refractivity contribution in [1.82, 2.24) is 4.90 Å². The number of benzene rings is 1. The second kappa shape index (κ2) is 7.90. The van der Waals surface area contributed by atoms with Gasteiger partial charge in [0.15, 0.2) is 6.29 Å². The molecule has 0 unspecified atom stereocenters. The highest BCUT2D eigenvalue weighted by Gasteiger charge is 2.34. The van der Waals surface area contributed by atoms with Gasteiger partial charge in [-0.25, -0.2) is 0 Å². The molecule has 1 N–H and O–H groups in total. The molecule has 25 heavy (non-hydrogen) atoms. The van der Waals surface area contributed by atoms with Gasteiger partial charge in [0, 0.05) is 17.3 Å². The number of amides is 1. The summed E-state index contributed by atoms with van der Waals surface area (Å²) in [5, 5.41) is 13.8. The van der Waals surface area contributed by atoms with Crippen LogP contribution in [0.2, 0.25) is 0 Å². The summed E-state index contributed by atoms with van der Waals surface area (Å²) >= 11 is 0. The lowest BCUT2D eigenvalue weighted by molar-refractivity contribution is -0.385. The maximum absolute atomic E-state index is 12.4. The number of carbonyl (C=O) groups excluding carboxylic acids is 1. The number of carbonyl (C=O) groups is 1. The molecule has 2 heterocycles. The summed E-state index contributed by atoms with van der Waals surface area (Å²) in [5.41, 5.74) is 1.00. The van der Waals surface area contributed by atoms with Gasteiger partial charge in [0.2, 0.25) is 5.91 Å². The zero-order chi connectivity index (χ0) is 17.8. The summed E-state index contributed by atoms with van der Waals surface area (Å²) in [6.07, 6.45) is 2.80. The van der Waals surface area contributed by atoms with Crippen molar-refractivity contribution in [2.24, 2.45) is 0 Å². The largest absolute Gasteiger partial charge is 0.349 e. The van der Waals surface area contributed by atoms with Gasteiger partial charge in [-0.2, -0.15) is 0 Å². The summed E-state index contributed by atoms with van der Waals surface area (Å²) in [6, 6.07) is 4.79. The highest BCUT2D eigenvalue weighted by Crippen LogP contribution is 2.25. The van der Waals surface area contributed by atoms with Crippen LogP contribution in [0.5, 0.6) is 0 Å². The smallest absolute Gasteiger partial charge is 0.274 e. The fraction of sp³-hybridized carbons (Fsp3) is 0.588. The minimum Gasteiger partial charge on any atom is -0.349 e. The molecule has 8 nitrogen and oxygen atoms in total. The number of anilines is 1. The third-order valence-electron chi connectivity index (χ3n) is 4.66. The number of nitro benzene ring substituents is 1. The van der Waals surface area contributed by atoms with E-state index < -0.39 is 4.92 Å². The maximum Gasteiger partial charge on any atom is 0.274 e. The van der Waals surface area contributed by atoms with Crippen LogP contribution in [-0.4, -0.2) is 54.4 Å². The monoisotopic (exact) mass is 349 g/mol. The molecule has 1 amide bonds. The number of hydrogen-bond acceptors (Lipinski definition) is 6. The van der Waals surface area contributed by atoms with E-state index in [2.05, 4.69) is 10.2 Å². The van der Waals surface area contributed by atoms with Crippen LogP contribution < -0.4 is 5.32 Å². The van der Waals surface area contributed by atoms with Gasteiger partial charge in [-0.15, -0.1) is 0 Å². The third kappa shape index (κ3) is 4.33. The Morgan fingerprint density at radius 1 is 1.36 bits per heavy atom. The van der Waals surface area contributed by atoms with Crippen LogP contribution in [0.4, 0.5) is 11.4 Å². The Balaban J connectivity index is 1.63. The van der Waals surface area contributed by atoms with Crippen molar-refractivity contribution in [3.05, 3.63) is 33.9 Å². The lowest BCUT2D eigenvalue weighted by Gasteiger charge is -2.37. The van der Waals surface area contributed by atoms with Crippen LogP contribution in [-0.2, 0) is 14.3 Å². The quantitative estimate of drug-likeness (QED) is 0.646. The molecule has 2 fully saturated rings. The lowest BCUT2D eigenvalue weighted by atomic mass is 10.0. The standard InChI is InChI=1S/C17H23N3O5/c1-12-5-6-13(10-15(12)20(22)23)18-16(21)11-19-7-3-2-4-14(19)17-24-8-9-25-17/h5-6,10,14,17H,2-4,7-9,11H2,1H3,(H,18,21)/t14-/m0/s1. The van der Waals surface area contributed by atoms with Gasteiger partial charge in [0.1, 0.15) is 0 Å². The highest BCUT2D eigenvalue weighted by atomic mass is 16.7. The molecule has 2 aliphatic rings. The Bertz CT molecular complexity index is 645. The first kappa shape index (κ1) is 17.8. The number of aryl methyl sites for hydroxylation is 1. The van der Waals surface area contributed by atoms with Crippen molar-refractivity contribution < 1.29 is 19.2 Å². The van der Waals surface area contributed by atoms with Crippen LogP contribution in [0.15, 0.2) is 18.2 Å². The van der Waals surface area contributed by atoms with Gasteiger partial charge >= 0.3 is 0 Å². The number of nitrogens with one attached hydrogen (secondary N) is 1. The van der Waals surface area contributed by atoms with E-state index in [-0.39, 0.29) is 30.5 Å². The van der Waals surface area contributed by atoms with Gasteiger partial charge in [0.25, 0.3) is 5.69 Å². The Labute approximate surface area is 146 Å². The van der Waals surface area contributed by atoms with Crippen LogP contribution in [0.1, 0.15) is 24.8 Å². The van der Waals surface area contributed by atoms with Crippen molar-refractivity contribution in [2.75, 3.05) is 31.6 Å². The van der Waals surface area contributed by atoms with E-state index in [0.29, 0.717) is 24.5 Å². The Morgan fingerprint density at radius 3 is 2.84 bits per heavy atom. The number of nitrogens with zero attached hydrogens (tertiary/aromatic N) is 2. The summed E-state index contributed by atoms with van der Waals surface area (Å²) in [5.74, 6) is -0.192. The van der Waals surface area contributed by atoms with Gasteiger partial charge in [-0.1, -0.05) is 12.5 Å². The van der Waals surface area contributed by atoms with Crippen LogP contribution in [0.25, 0.3) is 0 Å². The first-order valence-corrected chi connectivity index (χ1v) is 8.57. The summed E-state index contributed by atoms with van der Waals surface area (Å²) in [4.78, 5) is 25.1. The molecule has 0 aromatic heterocycles. The number of piperidine rings is 1. The van der Waals surface area contributed by atoms with Crippen LogP contribution in [0.3, 0.4) is 0 Å². The fourth-order valence-electron chi connectivity index (χ4n) is 3.39. The molecule has 0 aliphatic carbocycles. The van der Waals surface area contributed by atoms with E-state index in [1.807, 2.05) is 0 Å². The molecular formula is C17H23N3O5. The van der Waals surface area contributed by atoms with E-state index >= 15 is 0 Å². The van der Waals surface area contributed by atoms with Crippen molar-refractivity contribution in [2.45, 2.75) is 38.5 Å². The van der Waals surface area contributed by atoms with Crippen molar-refractivity contribution in [3.63, 3.8) is 0 Å². The SMILES string of the molecule is Cc1ccc(NC(=O)CN2CCCC[C@H]2C2OCCO2)cc1[N+](=O)[O-]. The van der Waals surface area contributed by atoms with E-state index in [0.717, 1.165) is 25.8 Å². The Morgan fingerprint density at radius 2 is 2.12 bits per heavy atom. The van der Waals surface area contributed by atoms with Crippen LogP contribution >= 0.6 is 0 Å². The molecule has 0 spiro atoms. The van der Waals surface area contributed by atoms with Gasteiger partial charge in [-0.05, 0) is 32.4 Å². The van der Waals surface area contributed by atoms with Crippen molar-refractivity contribution in [1.29, 1.82) is 0 Å². The topological polar surface area (TPSA) is 93.9 Å². The van der Waals surface area contributed by atoms with Gasteiger partial charge < -0.3 is 14.8 Å². The Kier molecular flexibility index (Phi) is 5.62. The molecule has 2 saturated heterocycles. The first-order chi connectivity index (χ1) is 12.0. The molecule has 1 aromatic rings. The van der Waals surface area contributed by atoms with E-state index in [1.54, 1.807) is 19.1 Å². The molecule has 0 bridgehead atoms. The second-order valence-corrected chi connectivity index (χ2v) is 6.45. The molecule has 0 radical (unpaired) electrons. The van der Waals surface area contributed by atoms with E-state index in [9.17, 15) is 14.9 Å². The van der Waals surface area contributed by atoms with Crippen molar-refractivity contribution in [3.8, 4) is 0 Å². The number of nitro groups is 1. The summed E-state index contributed by atoms with van der Waals surface area (Å²) < 4.78 is 11.2. The molecule has 3 rings (SSSR count). The minimum atomic E-state index is -0.444. The predicted octanol–water partition coefficient (Wildman–Crippen LogP) is 2.07. The fourth-order valence-corrected chi connectivity index (χ4v) is 3.39. The lowest BCUT2D eigenvalue weighted by Crippen LogP contribution is -2.50. The van der Waals surface area contributed by atoms with E-state index in [1.165, 1.54) is 6.07 Å². The third-order valence-corrected chi connectivity index (χ3v) is 4.66. The molecule has 136 valence electrons. The second-order valence-electron chi connectivity index (χ2n) is 6.45. The average molecular weight is 349 g/mol. The molecule has 8 heteroatoms. The molecule has 1 aromatic carbocycles. The Hall–Kier alpha value is -2.03. The molecule has 1 atom stereocenters. The average Bonchev–Trinajstić information content (AvgIpc) is 3.11. The highest BCUT2D eigenvalue weighted by molar-refractivity contribution is 5.92. The number of hydrogen-bond donors (Lipinski definition) is 1.